The molecule has 0 spiro atoms. The minimum atomic E-state index is -0.861. The highest BCUT2D eigenvalue weighted by atomic mass is 16.5. The first kappa shape index (κ1) is 13.0. The van der Waals surface area contributed by atoms with Gasteiger partial charge in [0.05, 0.1) is 5.60 Å². The molecule has 0 saturated heterocycles. The van der Waals surface area contributed by atoms with Crippen LogP contribution in [0.3, 0.4) is 0 Å². The largest absolute Gasteiger partial charge is 0.481 e. The van der Waals surface area contributed by atoms with Crippen LogP contribution in [0.2, 0.25) is 0 Å². The number of amides is 1. The Labute approximate surface area is 95.2 Å². The molecule has 1 aliphatic carbocycles. The van der Waals surface area contributed by atoms with E-state index in [0.29, 0.717) is 13.0 Å². The van der Waals surface area contributed by atoms with Crippen LogP contribution in [0.15, 0.2) is 0 Å². The fourth-order valence-corrected chi connectivity index (χ4v) is 1.77. The molecule has 0 atom stereocenters. The molecule has 0 radical (unpaired) electrons. The van der Waals surface area contributed by atoms with Crippen molar-refractivity contribution in [1.82, 2.24) is 5.32 Å². The second-order valence-corrected chi connectivity index (χ2v) is 4.26. The van der Waals surface area contributed by atoms with Crippen molar-refractivity contribution in [2.45, 2.75) is 44.1 Å². The average Bonchev–Trinajstić information content (AvgIpc) is 2.16. The van der Waals surface area contributed by atoms with Crippen molar-refractivity contribution in [3.8, 4) is 0 Å². The van der Waals surface area contributed by atoms with Gasteiger partial charge in [0.2, 0.25) is 5.91 Å². The van der Waals surface area contributed by atoms with E-state index in [1.54, 1.807) is 7.11 Å². The van der Waals surface area contributed by atoms with E-state index >= 15 is 0 Å². The maximum atomic E-state index is 11.4. The van der Waals surface area contributed by atoms with E-state index in [-0.39, 0.29) is 24.3 Å². The number of nitrogens with one attached hydrogen (secondary N) is 1. The van der Waals surface area contributed by atoms with Gasteiger partial charge in [0, 0.05) is 26.5 Å². The third-order valence-electron chi connectivity index (χ3n) is 3.10. The van der Waals surface area contributed by atoms with Crippen molar-refractivity contribution >= 4 is 11.9 Å². The zero-order valence-corrected chi connectivity index (χ0v) is 9.62. The summed E-state index contributed by atoms with van der Waals surface area (Å²) < 4.78 is 5.36. The first-order valence-corrected chi connectivity index (χ1v) is 5.62. The minimum Gasteiger partial charge on any atom is -0.481 e. The van der Waals surface area contributed by atoms with Crippen molar-refractivity contribution in [1.29, 1.82) is 0 Å². The van der Waals surface area contributed by atoms with Gasteiger partial charge in [0.15, 0.2) is 0 Å². The van der Waals surface area contributed by atoms with Crippen LogP contribution in [0.5, 0.6) is 0 Å². The Balaban J connectivity index is 2.12. The summed E-state index contributed by atoms with van der Waals surface area (Å²) in [6.45, 7) is 0.537. The topological polar surface area (TPSA) is 75.6 Å². The van der Waals surface area contributed by atoms with Gasteiger partial charge in [-0.25, -0.2) is 0 Å². The lowest BCUT2D eigenvalue weighted by molar-refractivity contribution is -0.137. The highest BCUT2D eigenvalue weighted by Gasteiger charge is 2.36. The fraction of sp³-hybridized carbons (Fsp3) is 0.818. The molecule has 1 rings (SSSR count). The lowest BCUT2D eigenvalue weighted by Crippen LogP contribution is -2.49. The lowest BCUT2D eigenvalue weighted by atomic mass is 9.80. The van der Waals surface area contributed by atoms with Gasteiger partial charge in [-0.15, -0.1) is 0 Å². The molecule has 5 nitrogen and oxygen atoms in total. The second-order valence-electron chi connectivity index (χ2n) is 4.26. The van der Waals surface area contributed by atoms with E-state index < -0.39 is 5.97 Å². The van der Waals surface area contributed by atoms with Crippen LogP contribution < -0.4 is 5.32 Å². The molecule has 0 bridgehead atoms. The minimum absolute atomic E-state index is 0.0445. The van der Waals surface area contributed by atoms with Gasteiger partial charge in [0.1, 0.15) is 0 Å². The molecule has 0 aliphatic heterocycles. The molecule has 1 saturated carbocycles. The van der Waals surface area contributed by atoms with Gasteiger partial charge in [-0.2, -0.15) is 0 Å². The van der Waals surface area contributed by atoms with Crippen LogP contribution in [-0.4, -0.2) is 36.2 Å². The number of carbonyl (C=O) groups is 2. The van der Waals surface area contributed by atoms with Gasteiger partial charge < -0.3 is 15.2 Å². The molecule has 0 unspecified atom stereocenters. The van der Waals surface area contributed by atoms with Gasteiger partial charge in [-0.1, -0.05) is 0 Å². The third-order valence-corrected chi connectivity index (χ3v) is 3.10. The number of hydrogen-bond donors (Lipinski definition) is 2. The maximum absolute atomic E-state index is 11.4. The van der Waals surface area contributed by atoms with Crippen LogP contribution in [0, 0.1) is 0 Å². The number of methoxy groups -OCH3 is 1. The van der Waals surface area contributed by atoms with Crippen LogP contribution in [-0.2, 0) is 14.3 Å². The first-order valence-electron chi connectivity index (χ1n) is 5.62. The first-order chi connectivity index (χ1) is 7.58. The molecule has 0 aromatic heterocycles. The average molecular weight is 229 g/mol. The summed E-state index contributed by atoms with van der Waals surface area (Å²) in [7, 11) is 1.66. The molecular formula is C11H19NO4. The number of aliphatic carboxylic acids is 1. The Morgan fingerprint density at radius 2 is 2.06 bits per heavy atom. The summed E-state index contributed by atoms with van der Waals surface area (Å²) in [6, 6.07) is 0. The van der Waals surface area contributed by atoms with Crippen molar-refractivity contribution in [2.24, 2.45) is 0 Å². The molecule has 1 aliphatic rings. The standard InChI is InChI=1S/C11H19NO4/c1-16-11(6-3-7-11)8-12-9(13)4-2-5-10(14)15/h2-8H2,1H3,(H,12,13)(H,14,15). The fourth-order valence-electron chi connectivity index (χ4n) is 1.77. The Kier molecular flexibility index (Phi) is 4.73. The monoisotopic (exact) mass is 229 g/mol. The lowest BCUT2D eigenvalue weighted by Gasteiger charge is -2.40. The SMILES string of the molecule is COC1(CNC(=O)CCCC(=O)O)CCC1. The van der Waals surface area contributed by atoms with Crippen LogP contribution in [0.1, 0.15) is 38.5 Å². The number of ether oxygens (including phenoxy) is 1. The van der Waals surface area contributed by atoms with E-state index in [2.05, 4.69) is 5.32 Å². The molecule has 0 aromatic rings. The predicted octanol–water partition coefficient (Wildman–Crippen LogP) is 0.927. The Hall–Kier alpha value is -1.10. The summed E-state index contributed by atoms with van der Waals surface area (Å²) in [6.07, 6.45) is 3.82. The number of hydrogen-bond acceptors (Lipinski definition) is 3. The van der Waals surface area contributed by atoms with E-state index in [1.807, 2.05) is 0 Å². The molecule has 1 amide bonds. The summed E-state index contributed by atoms with van der Waals surface area (Å²) in [5.41, 5.74) is -0.164. The molecular weight excluding hydrogens is 210 g/mol. The molecule has 92 valence electrons. The number of carbonyl (C=O) groups excluding carboxylic acids is 1. The van der Waals surface area contributed by atoms with E-state index in [9.17, 15) is 9.59 Å². The zero-order chi connectivity index (χ0) is 12.0. The molecule has 5 heteroatoms. The van der Waals surface area contributed by atoms with Crippen LogP contribution in [0.4, 0.5) is 0 Å². The van der Waals surface area contributed by atoms with Gasteiger partial charge in [-0.05, 0) is 25.7 Å². The van der Waals surface area contributed by atoms with Crippen molar-refractivity contribution < 1.29 is 19.4 Å². The number of carboxylic acids is 1. The normalized spacial score (nSPS) is 17.6. The summed E-state index contributed by atoms with van der Waals surface area (Å²) in [5.74, 6) is -0.954. The molecule has 2 N–H and O–H groups in total. The molecule has 0 aromatic carbocycles. The zero-order valence-electron chi connectivity index (χ0n) is 9.62. The predicted molar refractivity (Wildman–Crippen MR) is 58.1 cm³/mol. The molecule has 0 heterocycles. The maximum Gasteiger partial charge on any atom is 0.303 e. The highest BCUT2D eigenvalue weighted by Crippen LogP contribution is 2.34. The van der Waals surface area contributed by atoms with Crippen molar-refractivity contribution in [3.05, 3.63) is 0 Å². The van der Waals surface area contributed by atoms with E-state index in [4.69, 9.17) is 9.84 Å². The molecule has 1 fully saturated rings. The van der Waals surface area contributed by atoms with Crippen molar-refractivity contribution in [3.63, 3.8) is 0 Å². The number of rotatable bonds is 7. The van der Waals surface area contributed by atoms with Crippen LogP contribution >= 0.6 is 0 Å². The Morgan fingerprint density at radius 1 is 1.38 bits per heavy atom. The Morgan fingerprint density at radius 3 is 2.50 bits per heavy atom. The smallest absolute Gasteiger partial charge is 0.303 e. The highest BCUT2D eigenvalue weighted by molar-refractivity contribution is 5.76. The Bertz CT molecular complexity index is 255. The second kappa shape index (κ2) is 5.84. The van der Waals surface area contributed by atoms with Gasteiger partial charge in [-0.3, -0.25) is 9.59 Å². The van der Waals surface area contributed by atoms with Crippen LogP contribution in [0.25, 0.3) is 0 Å². The van der Waals surface area contributed by atoms with Gasteiger partial charge >= 0.3 is 5.97 Å². The van der Waals surface area contributed by atoms with Crippen molar-refractivity contribution in [2.75, 3.05) is 13.7 Å². The van der Waals surface area contributed by atoms with Gasteiger partial charge in [0.25, 0.3) is 0 Å². The van der Waals surface area contributed by atoms with E-state index in [1.165, 1.54) is 0 Å². The third kappa shape index (κ3) is 3.81. The summed E-state index contributed by atoms with van der Waals surface area (Å²) in [5, 5.41) is 11.2. The van der Waals surface area contributed by atoms with E-state index in [0.717, 1.165) is 19.3 Å². The quantitative estimate of drug-likeness (QED) is 0.681. The summed E-state index contributed by atoms with van der Waals surface area (Å²) in [4.78, 5) is 21.6. The number of carboxylic acid groups (broad SMARTS) is 1. The summed E-state index contributed by atoms with van der Waals surface area (Å²) >= 11 is 0. The molecule has 16 heavy (non-hydrogen) atoms.